The van der Waals surface area contributed by atoms with Gasteiger partial charge < -0.3 is 9.30 Å². The number of aromatic nitrogens is 4. The third-order valence-corrected chi connectivity index (χ3v) is 4.36. The summed E-state index contributed by atoms with van der Waals surface area (Å²) in [5.74, 6) is 2.61. The fraction of sp³-hybridized carbons (Fsp3) is 0.278. The zero-order chi connectivity index (χ0) is 16.6. The Labute approximate surface area is 146 Å². The molecule has 0 saturated heterocycles. The smallest absolute Gasteiger partial charge is 0.191 e. The fourth-order valence-electron chi connectivity index (χ4n) is 2.34. The maximum absolute atomic E-state index is 5.73. The highest BCUT2D eigenvalue weighted by Crippen LogP contribution is 2.24. The predicted molar refractivity (Wildman–Crippen MR) is 96.2 cm³/mol. The van der Waals surface area contributed by atoms with Crippen LogP contribution in [0.1, 0.15) is 13.3 Å². The first-order valence-corrected chi connectivity index (χ1v) is 9.01. The Balaban J connectivity index is 1.64. The van der Waals surface area contributed by atoms with E-state index in [9.17, 15) is 0 Å². The van der Waals surface area contributed by atoms with Crippen molar-refractivity contribution in [3.05, 3.63) is 54.9 Å². The van der Waals surface area contributed by atoms with Crippen LogP contribution in [0, 0.1) is 0 Å². The summed E-state index contributed by atoms with van der Waals surface area (Å²) in [4.78, 5) is 4.06. The summed E-state index contributed by atoms with van der Waals surface area (Å²) < 4.78 is 7.90. The van der Waals surface area contributed by atoms with Crippen LogP contribution in [-0.2, 0) is 6.54 Å². The molecule has 0 fully saturated rings. The van der Waals surface area contributed by atoms with Crippen LogP contribution in [0.5, 0.6) is 5.75 Å². The summed E-state index contributed by atoms with van der Waals surface area (Å²) in [6.07, 6.45) is 4.59. The van der Waals surface area contributed by atoms with Gasteiger partial charge in [-0.15, -0.1) is 10.2 Å². The molecule has 3 rings (SSSR count). The SMILES string of the molecule is CCCn1c(SCCOc2ccccc2)nnc1-c1ccncc1. The van der Waals surface area contributed by atoms with E-state index in [1.807, 2.05) is 42.5 Å². The third-order valence-electron chi connectivity index (χ3n) is 3.43. The van der Waals surface area contributed by atoms with Gasteiger partial charge in [0.15, 0.2) is 11.0 Å². The molecular formula is C18H20N4OS. The van der Waals surface area contributed by atoms with Crippen molar-refractivity contribution in [2.45, 2.75) is 25.0 Å². The Bertz CT molecular complexity index is 746. The molecule has 0 bridgehead atoms. The van der Waals surface area contributed by atoms with E-state index in [1.54, 1.807) is 24.2 Å². The highest BCUT2D eigenvalue weighted by molar-refractivity contribution is 7.99. The molecule has 0 aliphatic carbocycles. The number of nitrogens with zero attached hydrogens (tertiary/aromatic N) is 4. The van der Waals surface area contributed by atoms with Crippen molar-refractivity contribution >= 4 is 11.8 Å². The van der Waals surface area contributed by atoms with Crippen LogP contribution in [0.25, 0.3) is 11.4 Å². The minimum Gasteiger partial charge on any atom is -0.493 e. The molecular weight excluding hydrogens is 320 g/mol. The average Bonchev–Trinajstić information content (AvgIpc) is 3.03. The van der Waals surface area contributed by atoms with Crippen LogP contribution >= 0.6 is 11.8 Å². The molecule has 0 aliphatic rings. The second-order valence-electron chi connectivity index (χ2n) is 5.20. The zero-order valence-corrected chi connectivity index (χ0v) is 14.4. The average molecular weight is 340 g/mol. The van der Waals surface area contributed by atoms with Gasteiger partial charge in [-0.3, -0.25) is 4.98 Å². The summed E-state index contributed by atoms with van der Waals surface area (Å²) in [5.41, 5.74) is 1.04. The molecule has 0 atom stereocenters. The van der Waals surface area contributed by atoms with Crippen molar-refractivity contribution < 1.29 is 4.74 Å². The van der Waals surface area contributed by atoms with E-state index in [1.165, 1.54) is 0 Å². The van der Waals surface area contributed by atoms with Gasteiger partial charge in [-0.25, -0.2) is 0 Å². The van der Waals surface area contributed by atoms with Crippen LogP contribution in [-0.4, -0.2) is 32.1 Å². The van der Waals surface area contributed by atoms with Gasteiger partial charge in [0.05, 0.1) is 6.61 Å². The highest BCUT2D eigenvalue weighted by Gasteiger charge is 2.13. The summed E-state index contributed by atoms with van der Waals surface area (Å²) in [5, 5.41) is 9.65. The van der Waals surface area contributed by atoms with Gasteiger partial charge in [0, 0.05) is 30.3 Å². The Morgan fingerprint density at radius 2 is 1.83 bits per heavy atom. The molecule has 124 valence electrons. The first kappa shape index (κ1) is 16.5. The molecule has 2 aromatic heterocycles. The van der Waals surface area contributed by atoms with E-state index in [2.05, 4.69) is 26.7 Å². The first-order chi connectivity index (χ1) is 11.9. The van der Waals surface area contributed by atoms with E-state index >= 15 is 0 Å². The molecule has 24 heavy (non-hydrogen) atoms. The number of thioether (sulfide) groups is 1. The van der Waals surface area contributed by atoms with Crippen LogP contribution in [0.4, 0.5) is 0 Å². The zero-order valence-electron chi connectivity index (χ0n) is 13.6. The molecule has 0 spiro atoms. The Morgan fingerprint density at radius 3 is 2.58 bits per heavy atom. The Morgan fingerprint density at radius 1 is 1.04 bits per heavy atom. The van der Waals surface area contributed by atoms with E-state index in [4.69, 9.17) is 4.74 Å². The second kappa shape index (κ2) is 8.49. The van der Waals surface area contributed by atoms with E-state index in [0.717, 1.165) is 41.0 Å². The molecule has 6 heteroatoms. The van der Waals surface area contributed by atoms with Gasteiger partial charge in [-0.05, 0) is 30.7 Å². The van der Waals surface area contributed by atoms with Gasteiger partial charge in [-0.2, -0.15) is 0 Å². The van der Waals surface area contributed by atoms with Gasteiger partial charge in [-0.1, -0.05) is 36.9 Å². The third kappa shape index (κ3) is 4.14. The molecule has 5 nitrogen and oxygen atoms in total. The second-order valence-corrected chi connectivity index (χ2v) is 6.27. The van der Waals surface area contributed by atoms with Crippen molar-refractivity contribution in [3.63, 3.8) is 0 Å². The first-order valence-electron chi connectivity index (χ1n) is 8.02. The summed E-state index contributed by atoms with van der Waals surface area (Å²) in [6, 6.07) is 13.8. The monoisotopic (exact) mass is 340 g/mol. The topological polar surface area (TPSA) is 52.8 Å². The fourth-order valence-corrected chi connectivity index (χ4v) is 3.13. The minimum absolute atomic E-state index is 0.637. The molecule has 0 N–H and O–H groups in total. The number of hydrogen-bond donors (Lipinski definition) is 0. The maximum atomic E-state index is 5.73. The van der Waals surface area contributed by atoms with Crippen molar-refractivity contribution in [1.29, 1.82) is 0 Å². The Kier molecular flexibility index (Phi) is 5.85. The largest absolute Gasteiger partial charge is 0.493 e. The summed E-state index contributed by atoms with van der Waals surface area (Å²) in [6.45, 7) is 3.69. The van der Waals surface area contributed by atoms with Crippen molar-refractivity contribution in [3.8, 4) is 17.1 Å². The van der Waals surface area contributed by atoms with Gasteiger partial charge >= 0.3 is 0 Å². The van der Waals surface area contributed by atoms with Gasteiger partial charge in [0.1, 0.15) is 5.75 Å². The molecule has 0 radical (unpaired) electrons. The molecule has 0 aliphatic heterocycles. The van der Waals surface area contributed by atoms with Gasteiger partial charge in [0.2, 0.25) is 0 Å². The maximum Gasteiger partial charge on any atom is 0.191 e. The lowest BCUT2D eigenvalue weighted by Crippen LogP contribution is -2.04. The van der Waals surface area contributed by atoms with Crippen molar-refractivity contribution in [2.75, 3.05) is 12.4 Å². The normalized spacial score (nSPS) is 10.7. The van der Waals surface area contributed by atoms with Crippen molar-refractivity contribution in [1.82, 2.24) is 19.7 Å². The quantitative estimate of drug-likeness (QED) is 0.459. The van der Waals surface area contributed by atoms with E-state index < -0.39 is 0 Å². The van der Waals surface area contributed by atoms with E-state index in [-0.39, 0.29) is 0 Å². The minimum atomic E-state index is 0.637. The molecule has 1 aromatic carbocycles. The van der Waals surface area contributed by atoms with E-state index in [0.29, 0.717) is 6.61 Å². The molecule has 0 amide bonds. The number of rotatable bonds is 8. The van der Waals surface area contributed by atoms with Crippen LogP contribution in [0.3, 0.4) is 0 Å². The molecule has 2 heterocycles. The highest BCUT2D eigenvalue weighted by atomic mass is 32.2. The van der Waals surface area contributed by atoms with Crippen LogP contribution < -0.4 is 4.74 Å². The van der Waals surface area contributed by atoms with Crippen LogP contribution in [0.15, 0.2) is 60.0 Å². The molecule has 0 unspecified atom stereocenters. The number of pyridine rings is 1. The number of para-hydroxylation sites is 1. The lowest BCUT2D eigenvalue weighted by Gasteiger charge is -2.09. The Hall–Kier alpha value is -2.34. The lowest BCUT2D eigenvalue weighted by molar-refractivity contribution is 0.344. The van der Waals surface area contributed by atoms with Crippen molar-refractivity contribution in [2.24, 2.45) is 0 Å². The number of benzene rings is 1. The standard InChI is InChI=1S/C18H20N4OS/c1-2-12-22-17(15-8-10-19-11-9-15)20-21-18(22)24-14-13-23-16-6-4-3-5-7-16/h3-11H,2,12-14H2,1H3. The molecule has 0 saturated carbocycles. The number of hydrogen-bond acceptors (Lipinski definition) is 5. The lowest BCUT2D eigenvalue weighted by atomic mass is 10.2. The van der Waals surface area contributed by atoms with Crippen LogP contribution in [0.2, 0.25) is 0 Å². The summed E-state index contributed by atoms with van der Waals surface area (Å²) >= 11 is 1.67. The predicted octanol–water partition coefficient (Wildman–Crippen LogP) is 3.92. The molecule has 3 aromatic rings. The number of ether oxygens (including phenoxy) is 1. The summed E-state index contributed by atoms with van der Waals surface area (Å²) in [7, 11) is 0. The van der Waals surface area contributed by atoms with Gasteiger partial charge in [0.25, 0.3) is 0 Å².